The lowest BCUT2D eigenvalue weighted by atomic mass is 10.1. The molecule has 6 nitrogen and oxygen atoms in total. The summed E-state index contributed by atoms with van der Waals surface area (Å²) in [6, 6.07) is 11.9. The van der Waals surface area contributed by atoms with E-state index in [1.165, 1.54) is 16.9 Å². The van der Waals surface area contributed by atoms with Gasteiger partial charge < -0.3 is 10.6 Å². The maximum atomic E-state index is 12.8. The topological polar surface area (TPSA) is 73.8 Å². The van der Waals surface area contributed by atoms with Crippen LogP contribution in [-0.4, -0.2) is 38.3 Å². The first-order valence-corrected chi connectivity index (χ1v) is 12.4. The van der Waals surface area contributed by atoms with Crippen LogP contribution in [0.5, 0.6) is 0 Å². The largest absolute Gasteiger partial charge is 0.357 e. The molecule has 166 valence electrons. The molecule has 1 fully saturated rings. The third-order valence-electron chi connectivity index (χ3n) is 4.82. The summed E-state index contributed by atoms with van der Waals surface area (Å²) in [7, 11) is -3.36. The second-order valence-electron chi connectivity index (χ2n) is 7.22. The van der Waals surface area contributed by atoms with Crippen molar-refractivity contribution in [3.05, 3.63) is 52.4 Å². The minimum absolute atomic E-state index is 0. The van der Waals surface area contributed by atoms with Crippen LogP contribution in [0.3, 0.4) is 0 Å². The number of nitrogens with zero attached hydrogens (tertiary/aromatic N) is 2. The molecule has 2 aromatic rings. The molecule has 0 radical (unpaired) electrons. The van der Waals surface area contributed by atoms with Gasteiger partial charge in [0.1, 0.15) is 4.21 Å². The Balaban J connectivity index is 0.00000320. The number of aliphatic imine (C=N–C) groups is 1. The van der Waals surface area contributed by atoms with Crippen molar-refractivity contribution in [3.63, 3.8) is 0 Å². The van der Waals surface area contributed by atoms with E-state index in [-0.39, 0.29) is 24.0 Å². The summed E-state index contributed by atoms with van der Waals surface area (Å²) >= 11 is 1.34. The Labute approximate surface area is 201 Å². The molecule has 2 N–H and O–H groups in total. The number of aryl methyl sites for hydroxylation is 1. The van der Waals surface area contributed by atoms with Crippen LogP contribution in [0.4, 0.5) is 0 Å². The molecule has 0 saturated carbocycles. The first-order valence-electron chi connectivity index (χ1n) is 10.2. The molecule has 1 aromatic carbocycles. The number of sulfonamides is 1. The van der Waals surface area contributed by atoms with Gasteiger partial charge in [0.2, 0.25) is 0 Å². The Kier molecular flexibility index (Phi) is 10.1. The fourth-order valence-electron chi connectivity index (χ4n) is 3.32. The fraction of sp³-hybridized carbons (Fsp3) is 0.476. The van der Waals surface area contributed by atoms with Crippen molar-refractivity contribution < 1.29 is 8.42 Å². The van der Waals surface area contributed by atoms with E-state index in [4.69, 9.17) is 0 Å². The number of nitrogens with one attached hydrogen (secondary N) is 2. The third kappa shape index (κ3) is 6.93. The van der Waals surface area contributed by atoms with Crippen LogP contribution in [0.15, 0.2) is 45.6 Å². The van der Waals surface area contributed by atoms with Crippen LogP contribution >= 0.6 is 35.3 Å². The zero-order chi connectivity index (χ0) is 20.7. The van der Waals surface area contributed by atoms with E-state index in [1.54, 1.807) is 10.4 Å². The maximum absolute atomic E-state index is 12.8. The Morgan fingerprint density at radius 3 is 2.60 bits per heavy atom. The summed E-state index contributed by atoms with van der Waals surface area (Å²) in [4.78, 5) is 5.62. The van der Waals surface area contributed by atoms with Crippen molar-refractivity contribution in [2.75, 3.05) is 19.6 Å². The Hall–Kier alpha value is -1.17. The van der Waals surface area contributed by atoms with Gasteiger partial charge in [-0.3, -0.25) is 0 Å². The number of thiophene rings is 1. The van der Waals surface area contributed by atoms with E-state index in [0.717, 1.165) is 42.2 Å². The van der Waals surface area contributed by atoms with Gasteiger partial charge in [-0.05, 0) is 44.4 Å². The highest BCUT2D eigenvalue weighted by molar-refractivity contribution is 14.0. The number of halogens is 1. The molecule has 0 spiro atoms. The van der Waals surface area contributed by atoms with Gasteiger partial charge in [-0.2, -0.15) is 4.31 Å². The predicted octanol–water partition coefficient (Wildman–Crippen LogP) is 4.10. The predicted molar refractivity (Wildman–Crippen MR) is 135 cm³/mol. The molecular formula is C21H31IN4O2S2. The highest BCUT2D eigenvalue weighted by Crippen LogP contribution is 2.27. The monoisotopic (exact) mass is 562 g/mol. The molecule has 0 atom stereocenters. The van der Waals surface area contributed by atoms with Crippen molar-refractivity contribution in [2.45, 2.75) is 50.4 Å². The van der Waals surface area contributed by atoms with Gasteiger partial charge in [0, 0.05) is 24.5 Å². The molecule has 30 heavy (non-hydrogen) atoms. The molecule has 0 amide bonds. The molecule has 2 heterocycles. The van der Waals surface area contributed by atoms with E-state index >= 15 is 0 Å². The summed E-state index contributed by atoms with van der Waals surface area (Å²) in [5.74, 6) is 0.725. The van der Waals surface area contributed by atoms with Crippen molar-refractivity contribution in [1.29, 1.82) is 0 Å². The fourth-order valence-corrected chi connectivity index (χ4v) is 6.28. The number of guanidine groups is 1. The van der Waals surface area contributed by atoms with Crippen molar-refractivity contribution >= 4 is 51.3 Å². The standard InChI is InChI=1S/C21H30N4O2S2.HI/c1-3-22-21(23-15-18-9-7-8-17(2)14-18)24-16-19-10-11-20(28-19)29(26,27)25-12-5-4-6-13-25;/h7-11,14H,3-6,12-13,15-16H2,1-2H3,(H2,22,23,24);1H. The van der Waals surface area contributed by atoms with Gasteiger partial charge in [0.05, 0.1) is 13.1 Å². The number of benzene rings is 1. The lowest BCUT2D eigenvalue weighted by Crippen LogP contribution is -2.36. The van der Waals surface area contributed by atoms with Gasteiger partial charge in [-0.1, -0.05) is 36.2 Å². The van der Waals surface area contributed by atoms with Gasteiger partial charge in [0.25, 0.3) is 10.0 Å². The van der Waals surface area contributed by atoms with Gasteiger partial charge in [-0.15, -0.1) is 35.3 Å². The van der Waals surface area contributed by atoms with Crippen molar-refractivity contribution in [2.24, 2.45) is 4.99 Å². The third-order valence-corrected chi connectivity index (χ3v) is 8.27. The lowest BCUT2D eigenvalue weighted by Gasteiger charge is -2.25. The first-order chi connectivity index (χ1) is 14.0. The Bertz CT molecular complexity index is 938. The smallest absolute Gasteiger partial charge is 0.252 e. The second kappa shape index (κ2) is 12.0. The zero-order valence-corrected chi connectivity index (χ0v) is 21.5. The SMILES string of the molecule is CCNC(=NCc1cccc(C)c1)NCc1ccc(S(=O)(=O)N2CCCCC2)s1.I. The molecule has 0 unspecified atom stereocenters. The summed E-state index contributed by atoms with van der Waals surface area (Å²) in [5.41, 5.74) is 2.38. The van der Waals surface area contributed by atoms with Crippen LogP contribution in [0.2, 0.25) is 0 Å². The Morgan fingerprint density at radius 2 is 1.90 bits per heavy atom. The second-order valence-corrected chi connectivity index (χ2v) is 10.6. The normalized spacial score (nSPS) is 15.5. The van der Waals surface area contributed by atoms with Crippen LogP contribution in [0.25, 0.3) is 0 Å². The number of rotatable bonds is 7. The highest BCUT2D eigenvalue weighted by atomic mass is 127. The molecular weight excluding hydrogens is 531 g/mol. The number of hydrogen-bond acceptors (Lipinski definition) is 4. The quantitative estimate of drug-likeness (QED) is 0.303. The average molecular weight is 563 g/mol. The van der Waals surface area contributed by atoms with Crippen LogP contribution in [-0.2, 0) is 23.1 Å². The summed E-state index contributed by atoms with van der Waals surface area (Å²) < 4.78 is 27.7. The average Bonchev–Trinajstić information content (AvgIpc) is 3.21. The maximum Gasteiger partial charge on any atom is 0.252 e. The minimum Gasteiger partial charge on any atom is -0.357 e. The first kappa shape index (κ1) is 25.1. The molecule has 1 aromatic heterocycles. The molecule has 3 rings (SSSR count). The molecule has 0 bridgehead atoms. The highest BCUT2D eigenvalue weighted by Gasteiger charge is 2.27. The summed E-state index contributed by atoms with van der Waals surface area (Å²) in [5, 5.41) is 6.55. The van der Waals surface area contributed by atoms with Crippen LogP contribution < -0.4 is 10.6 Å². The summed E-state index contributed by atoms with van der Waals surface area (Å²) in [6.45, 7) is 7.25. The lowest BCUT2D eigenvalue weighted by molar-refractivity contribution is 0.347. The van der Waals surface area contributed by atoms with E-state index in [2.05, 4.69) is 40.7 Å². The van der Waals surface area contributed by atoms with Crippen LogP contribution in [0.1, 0.15) is 42.2 Å². The molecule has 1 aliphatic rings. The Morgan fingerprint density at radius 1 is 1.13 bits per heavy atom. The van der Waals surface area contributed by atoms with Crippen molar-refractivity contribution in [1.82, 2.24) is 14.9 Å². The van der Waals surface area contributed by atoms with Gasteiger partial charge in [-0.25, -0.2) is 13.4 Å². The minimum atomic E-state index is -3.36. The number of hydrogen-bond donors (Lipinski definition) is 2. The van der Waals surface area contributed by atoms with Crippen molar-refractivity contribution in [3.8, 4) is 0 Å². The van der Waals surface area contributed by atoms with E-state index in [0.29, 0.717) is 30.4 Å². The van der Waals surface area contributed by atoms with Gasteiger partial charge >= 0.3 is 0 Å². The zero-order valence-electron chi connectivity index (χ0n) is 17.6. The molecule has 0 aliphatic carbocycles. The van der Waals surface area contributed by atoms with E-state index in [1.807, 2.05) is 19.1 Å². The van der Waals surface area contributed by atoms with E-state index < -0.39 is 10.0 Å². The van der Waals surface area contributed by atoms with Crippen LogP contribution in [0, 0.1) is 6.92 Å². The molecule has 9 heteroatoms. The molecule has 1 saturated heterocycles. The number of piperidine rings is 1. The van der Waals surface area contributed by atoms with Gasteiger partial charge in [0.15, 0.2) is 5.96 Å². The summed E-state index contributed by atoms with van der Waals surface area (Å²) in [6.07, 6.45) is 3.01. The molecule has 1 aliphatic heterocycles. The van der Waals surface area contributed by atoms with E-state index in [9.17, 15) is 8.42 Å².